The van der Waals surface area contributed by atoms with Gasteiger partial charge in [-0.05, 0) is 43.7 Å². The lowest BCUT2D eigenvalue weighted by Gasteiger charge is -2.02. The summed E-state index contributed by atoms with van der Waals surface area (Å²) < 4.78 is 1.08. The van der Waals surface area contributed by atoms with E-state index in [4.69, 9.17) is 0 Å². The van der Waals surface area contributed by atoms with Crippen LogP contribution in [-0.4, -0.2) is 5.71 Å². The number of nitrogens with zero attached hydrogens (tertiary/aromatic N) is 1. The zero-order valence-corrected chi connectivity index (χ0v) is 11.5. The van der Waals surface area contributed by atoms with Crippen LogP contribution in [0.4, 0.5) is 5.69 Å². The predicted octanol–water partition coefficient (Wildman–Crippen LogP) is 4.90. The van der Waals surface area contributed by atoms with Gasteiger partial charge in [0, 0.05) is 10.2 Å². The zero-order chi connectivity index (χ0) is 12.3. The van der Waals surface area contributed by atoms with Crippen LogP contribution in [0, 0.1) is 6.92 Å². The van der Waals surface area contributed by atoms with E-state index in [2.05, 4.69) is 52.1 Å². The monoisotopic (exact) mass is 287 g/mol. The highest BCUT2D eigenvalue weighted by molar-refractivity contribution is 9.10. The van der Waals surface area contributed by atoms with Gasteiger partial charge in [-0.15, -0.1) is 0 Å². The fraction of sp³-hybridized carbons (Fsp3) is 0.133. The Bertz CT molecular complexity index is 541. The first-order chi connectivity index (χ1) is 8.15. The maximum Gasteiger partial charge on any atom is 0.0633 e. The molecule has 0 aliphatic carbocycles. The van der Waals surface area contributed by atoms with Crippen LogP contribution in [0.1, 0.15) is 18.1 Å². The van der Waals surface area contributed by atoms with Crippen LogP contribution in [0.25, 0.3) is 0 Å². The topological polar surface area (TPSA) is 12.4 Å². The Hall–Kier alpha value is -1.41. The third-order valence-corrected chi connectivity index (χ3v) is 3.07. The quantitative estimate of drug-likeness (QED) is 0.697. The Balaban J connectivity index is 2.30. The molecule has 2 heteroatoms. The van der Waals surface area contributed by atoms with Gasteiger partial charge in [-0.3, -0.25) is 4.99 Å². The maximum atomic E-state index is 4.61. The molecule has 0 fully saturated rings. The molecular weight excluding hydrogens is 274 g/mol. The predicted molar refractivity (Wildman–Crippen MR) is 77.2 cm³/mol. The Morgan fingerprint density at radius 3 is 2.41 bits per heavy atom. The molecule has 86 valence electrons. The summed E-state index contributed by atoms with van der Waals surface area (Å²) in [6, 6.07) is 16.4. The Kier molecular flexibility index (Phi) is 3.75. The van der Waals surface area contributed by atoms with E-state index in [0.29, 0.717) is 0 Å². The maximum absolute atomic E-state index is 4.61. The molecule has 2 rings (SSSR count). The van der Waals surface area contributed by atoms with Crippen molar-refractivity contribution in [1.29, 1.82) is 0 Å². The number of hydrogen-bond donors (Lipinski definition) is 0. The van der Waals surface area contributed by atoms with E-state index in [0.717, 1.165) is 21.4 Å². The van der Waals surface area contributed by atoms with Gasteiger partial charge in [-0.25, -0.2) is 0 Å². The lowest BCUT2D eigenvalue weighted by atomic mass is 10.1. The van der Waals surface area contributed by atoms with Crippen molar-refractivity contribution in [3.05, 3.63) is 64.1 Å². The largest absolute Gasteiger partial charge is 0.253 e. The second kappa shape index (κ2) is 5.28. The molecule has 2 aromatic carbocycles. The van der Waals surface area contributed by atoms with Gasteiger partial charge < -0.3 is 0 Å². The Morgan fingerprint density at radius 2 is 1.76 bits per heavy atom. The van der Waals surface area contributed by atoms with Crippen molar-refractivity contribution in [3.63, 3.8) is 0 Å². The molecule has 0 aliphatic rings. The van der Waals surface area contributed by atoms with E-state index in [9.17, 15) is 0 Å². The first-order valence-corrected chi connectivity index (χ1v) is 6.32. The van der Waals surface area contributed by atoms with E-state index in [-0.39, 0.29) is 0 Å². The molecule has 0 aromatic heterocycles. The minimum Gasteiger partial charge on any atom is -0.253 e. The smallest absolute Gasteiger partial charge is 0.0633 e. The minimum atomic E-state index is 0.994. The summed E-state index contributed by atoms with van der Waals surface area (Å²) in [6.07, 6.45) is 0. The molecule has 1 nitrogen and oxygen atoms in total. The van der Waals surface area contributed by atoms with Gasteiger partial charge in [0.2, 0.25) is 0 Å². The summed E-state index contributed by atoms with van der Waals surface area (Å²) in [6.45, 7) is 4.11. The lowest BCUT2D eigenvalue weighted by molar-refractivity contribution is 1.42. The summed E-state index contributed by atoms with van der Waals surface area (Å²) in [7, 11) is 0. The van der Waals surface area contributed by atoms with Crippen LogP contribution in [0.5, 0.6) is 0 Å². The first-order valence-electron chi connectivity index (χ1n) is 5.53. The van der Waals surface area contributed by atoms with E-state index in [1.54, 1.807) is 0 Å². The number of benzene rings is 2. The molecule has 0 spiro atoms. The molecule has 0 heterocycles. The summed E-state index contributed by atoms with van der Waals surface area (Å²) in [5.41, 5.74) is 4.41. The summed E-state index contributed by atoms with van der Waals surface area (Å²) in [4.78, 5) is 4.61. The van der Waals surface area contributed by atoms with Crippen LogP contribution < -0.4 is 0 Å². The fourth-order valence-electron chi connectivity index (χ4n) is 1.59. The average Bonchev–Trinajstić information content (AvgIpc) is 2.32. The normalized spacial score (nSPS) is 11.6. The molecule has 0 unspecified atom stereocenters. The SMILES string of the molecule is CC(=Nc1ccc(C)cc1)c1cccc(Br)c1. The zero-order valence-electron chi connectivity index (χ0n) is 9.94. The van der Waals surface area contributed by atoms with E-state index in [1.807, 2.05) is 31.2 Å². The van der Waals surface area contributed by atoms with Gasteiger partial charge in [-0.2, -0.15) is 0 Å². The number of halogens is 1. The van der Waals surface area contributed by atoms with Crippen molar-refractivity contribution in [3.8, 4) is 0 Å². The van der Waals surface area contributed by atoms with Crippen molar-refractivity contribution in [1.82, 2.24) is 0 Å². The van der Waals surface area contributed by atoms with Crippen molar-refractivity contribution >= 4 is 27.3 Å². The minimum absolute atomic E-state index is 0.994. The van der Waals surface area contributed by atoms with E-state index < -0.39 is 0 Å². The summed E-state index contributed by atoms with van der Waals surface area (Å²) in [5, 5.41) is 0. The van der Waals surface area contributed by atoms with Crippen molar-refractivity contribution < 1.29 is 0 Å². The van der Waals surface area contributed by atoms with Crippen molar-refractivity contribution in [2.45, 2.75) is 13.8 Å². The van der Waals surface area contributed by atoms with Crippen molar-refractivity contribution in [2.24, 2.45) is 4.99 Å². The van der Waals surface area contributed by atoms with Crippen LogP contribution in [0.3, 0.4) is 0 Å². The van der Waals surface area contributed by atoms with Crippen LogP contribution in [0.2, 0.25) is 0 Å². The van der Waals surface area contributed by atoms with Crippen molar-refractivity contribution in [2.75, 3.05) is 0 Å². The Morgan fingerprint density at radius 1 is 1.06 bits per heavy atom. The second-order valence-electron chi connectivity index (χ2n) is 4.04. The summed E-state index contributed by atoms with van der Waals surface area (Å²) >= 11 is 3.47. The molecule has 0 amide bonds. The average molecular weight is 288 g/mol. The second-order valence-corrected chi connectivity index (χ2v) is 4.96. The molecule has 2 aromatic rings. The van der Waals surface area contributed by atoms with E-state index >= 15 is 0 Å². The van der Waals surface area contributed by atoms with Crippen LogP contribution in [0.15, 0.2) is 58.0 Å². The molecule has 0 bridgehead atoms. The standard InChI is InChI=1S/C15H14BrN/c1-11-6-8-15(9-7-11)17-12(2)13-4-3-5-14(16)10-13/h3-10H,1-2H3. The molecular formula is C15H14BrN. The molecule has 0 atom stereocenters. The third-order valence-electron chi connectivity index (χ3n) is 2.57. The van der Waals surface area contributed by atoms with Gasteiger partial charge in [0.25, 0.3) is 0 Å². The molecule has 0 saturated heterocycles. The molecule has 0 radical (unpaired) electrons. The van der Waals surface area contributed by atoms with Gasteiger partial charge in [0.15, 0.2) is 0 Å². The van der Waals surface area contributed by atoms with Crippen LogP contribution in [-0.2, 0) is 0 Å². The van der Waals surface area contributed by atoms with E-state index in [1.165, 1.54) is 5.56 Å². The van der Waals surface area contributed by atoms with Gasteiger partial charge in [-0.1, -0.05) is 45.8 Å². The highest BCUT2D eigenvalue weighted by Crippen LogP contribution is 2.17. The highest BCUT2D eigenvalue weighted by atomic mass is 79.9. The number of aliphatic imine (C=N–C) groups is 1. The molecule has 0 saturated carbocycles. The lowest BCUT2D eigenvalue weighted by Crippen LogP contribution is -1.93. The highest BCUT2D eigenvalue weighted by Gasteiger charge is 1.98. The third kappa shape index (κ3) is 3.27. The van der Waals surface area contributed by atoms with Gasteiger partial charge >= 0.3 is 0 Å². The molecule has 0 N–H and O–H groups in total. The van der Waals surface area contributed by atoms with Gasteiger partial charge in [0.1, 0.15) is 0 Å². The van der Waals surface area contributed by atoms with Crippen LogP contribution >= 0.6 is 15.9 Å². The number of aryl methyl sites for hydroxylation is 1. The summed E-state index contributed by atoms with van der Waals surface area (Å²) in [5.74, 6) is 0. The Labute approximate surface area is 110 Å². The molecule has 0 aliphatic heterocycles. The number of rotatable bonds is 2. The fourth-order valence-corrected chi connectivity index (χ4v) is 1.99. The molecule has 17 heavy (non-hydrogen) atoms. The first kappa shape index (κ1) is 12.1. The number of hydrogen-bond acceptors (Lipinski definition) is 1. The van der Waals surface area contributed by atoms with Gasteiger partial charge in [0.05, 0.1) is 5.69 Å².